The van der Waals surface area contributed by atoms with Gasteiger partial charge in [0.05, 0.1) is 12.1 Å². The second-order valence-electron chi connectivity index (χ2n) is 6.77. The second kappa shape index (κ2) is 7.02. The van der Waals surface area contributed by atoms with Gasteiger partial charge in [-0.1, -0.05) is 12.1 Å². The van der Waals surface area contributed by atoms with Crippen LogP contribution in [0.2, 0.25) is 0 Å². The van der Waals surface area contributed by atoms with Crippen molar-refractivity contribution in [3.8, 4) is 0 Å². The minimum absolute atomic E-state index is 0.115. The summed E-state index contributed by atoms with van der Waals surface area (Å²) in [6.07, 6.45) is 3.32. The Balaban J connectivity index is 1.95. The van der Waals surface area contributed by atoms with Crippen LogP contribution in [-0.2, 0) is 16.0 Å². The Morgan fingerprint density at radius 2 is 2.22 bits per heavy atom. The zero-order chi connectivity index (χ0) is 17.0. The summed E-state index contributed by atoms with van der Waals surface area (Å²) in [6, 6.07) is 0. The van der Waals surface area contributed by atoms with Crippen molar-refractivity contribution in [2.24, 2.45) is 5.92 Å². The number of ether oxygens (including phenoxy) is 1. The Kier molecular flexibility index (Phi) is 5.28. The van der Waals surface area contributed by atoms with Gasteiger partial charge in [0.25, 0.3) is 0 Å². The standard InChI is InChI=1S/C16H25N3O4/c1-5-13-12(9-17-23-13)18-14(20)11-7-6-8-19(10-11)15(21)22-16(2,3)4/h9,11H,5-8,10H2,1-4H3,(H,18,20). The number of amides is 2. The van der Waals surface area contributed by atoms with Crippen LogP contribution in [0.1, 0.15) is 46.3 Å². The molecule has 0 aromatic carbocycles. The first kappa shape index (κ1) is 17.3. The number of hydrogen-bond acceptors (Lipinski definition) is 5. The van der Waals surface area contributed by atoms with Crippen LogP contribution in [0.4, 0.5) is 10.5 Å². The van der Waals surface area contributed by atoms with Crippen LogP contribution in [0.3, 0.4) is 0 Å². The predicted molar refractivity (Wildman–Crippen MR) is 85.0 cm³/mol. The fourth-order valence-electron chi connectivity index (χ4n) is 2.54. The van der Waals surface area contributed by atoms with Crippen LogP contribution in [0.5, 0.6) is 0 Å². The van der Waals surface area contributed by atoms with E-state index in [-0.39, 0.29) is 17.9 Å². The SMILES string of the molecule is CCc1oncc1NC(=O)C1CCCN(C(=O)OC(C)(C)C)C1. The van der Waals surface area contributed by atoms with Crippen molar-refractivity contribution in [2.75, 3.05) is 18.4 Å². The van der Waals surface area contributed by atoms with Crippen LogP contribution in [0.15, 0.2) is 10.7 Å². The summed E-state index contributed by atoms with van der Waals surface area (Å²) in [5.41, 5.74) is 0.0667. The highest BCUT2D eigenvalue weighted by Crippen LogP contribution is 2.22. The van der Waals surface area contributed by atoms with E-state index in [1.54, 1.807) is 4.90 Å². The molecule has 23 heavy (non-hydrogen) atoms. The van der Waals surface area contributed by atoms with Crippen molar-refractivity contribution in [1.82, 2.24) is 10.1 Å². The maximum absolute atomic E-state index is 12.4. The summed E-state index contributed by atoms with van der Waals surface area (Å²) in [7, 11) is 0. The largest absolute Gasteiger partial charge is 0.444 e. The highest BCUT2D eigenvalue weighted by atomic mass is 16.6. The smallest absolute Gasteiger partial charge is 0.410 e. The van der Waals surface area contributed by atoms with Crippen LogP contribution in [0.25, 0.3) is 0 Å². The lowest BCUT2D eigenvalue weighted by molar-refractivity contribution is -0.121. The summed E-state index contributed by atoms with van der Waals surface area (Å²) in [5, 5.41) is 6.55. The van der Waals surface area contributed by atoms with Crippen molar-refractivity contribution >= 4 is 17.7 Å². The molecule has 1 aromatic rings. The number of carbonyl (C=O) groups excluding carboxylic acids is 2. The number of aromatic nitrogens is 1. The normalized spacial score (nSPS) is 18.6. The van der Waals surface area contributed by atoms with Gasteiger partial charge in [-0.25, -0.2) is 4.79 Å². The first-order valence-electron chi connectivity index (χ1n) is 8.02. The third kappa shape index (κ3) is 4.71. The number of hydrogen-bond donors (Lipinski definition) is 1. The van der Waals surface area contributed by atoms with Crippen LogP contribution >= 0.6 is 0 Å². The summed E-state index contributed by atoms with van der Waals surface area (Å²) < 4.78 is 10.4. The van der Waals surface area contributed by atoms with Gasteiger partial charge in [-0.3, -0.25) is 4.79 Å². The zero-order valence-electron chi connectivity index (χ0n) is 14.2. The highest BCUT2D eigenvalue weighted by Gasteiger charge is 2.31. The molecule has 1 unspecified atom stereocenters. The summed E-state index contributed by atoms with van der Waals surface area (Å²) >= 11 is 0. The van der Waals surface area contributed by atoms with Crippen LogP contribution in [0, 0.1) is 5.92 Å². The second-order valence-corrected chi connectivity index (χ2v) is 6.77. The molecule has 0 radical (unpaired) electrons. The quantitative estimate of drug-likeness (QED) is 0.924. The van der Waals surface area contributed by atoms with Crippen molar-refractivity contribution in [1.29, 1.82) is 0 Å². The van der Waals surface area contributed by atoms with E-state index in [0.29, 0.717) is 31.0 Å². The van der Waals surface area contributed by atoms with Gasteiger partial charge < -0.3 is 19.5 Å². The van der Waals surface area contributed by atoms with Gasteiger partial charge in [0.1, 0.15) is 11.3 Å². The zero-order valence-corrected chi connectivity index (χ0v) is 14.2. The van der Waals surface area contributed by atoms with Crippen LogP contribution in [-0.4, -0.2) is 40.7 Å². The van der Waals surface area contributed by atoms with Crippen molar-refractivity contribution < 1.29 is 18.8 Å². The number of likely N-dealkylation sites (tertiary alicyclic amines) is 1. The molecule has 2 amide bonds. The molecule has 1 aromatic heterocycles. The van der Waals surface area contributed by atoms with Crippen molar-refractivity contribution in [2.45, 2.75) is 52.6 Å². The molecule has 1 fully saturated rings. The highest BCUT2D eigenvalue weighted by molar-refractivity contribution is 5.93. The lowest BCUT2D eigenvalue weighted by atomic mass is 9.97. The summed E-state index contributed by atoms with van der Waals surface area (Å²) in [4.78, 5) is 26.2. The van der Waals surface area contributed by atoms with Crippen LogP contribution < -0.4 is 5.32 Å². The molecule has 2 rings (SSSR count). The molecule has 0 bridgehead atoms. The number of anilines is 1. The molecular formula is C16H25N3O4. The molecule has 2 heterocycles. The van der Waals surface area contributed by atoms with Crippen molar-refractivity contribution in [3.05, 3.63) is 12.0 Å². The molecule has 0 aliphatic carbocycles. The molecule has 1 aliphatic rings. The van der Waals surface area contributed by atoms with E-state index < -0.39 is 5.60 Å². The lowest BCUT2D eigenvalue weighted by Gasteiger charge is -2.33. The molecule has 7 nitrogen and oxygen atoms in total. The molecule has 1 atom stereocenters. The number of nitrogens with one attached hydrogen (secondary N) is 1. The Morgan fingerprint density at radius 3 is 2.87 bits per heavy atom. The van der Waals surface area contributed by atoms with Gasteiger partial charge in [0.15, 0.2) is 5.76 Å². The minimum atomic E-state index is -0.537. The van der Waals surface area contributed by atoms with Gasteiger partial charge in [-0.15, -0.1) is 0 Å². The van der Waals surface area contributed by atoms with Gasteiger partial charge in [-0.2, -0.15) is 0 Å². The number of aryl methyl sites for hydroxylation is 1. The van der Waals surface area contributed by atoms with Gasteiger partial charge in [-0.05, 0) is 33.6 Å². The fraction of sp³-hybridized carbons (Fsp3) is 0.688. The third-order valence-electron chi connectivity index (χ3n) is 3.67. The summed E-state index contributed by atoms with van der Waals surface area (Å²) in [5.74, 6) is 0.283. The average Bonchev–Trinajstić information content (AvgIpc) is 2.92. The predicted octanol–water partition coefficient (Wildman–Crippen LogP) is 2.82. The topological polar surface area (TPSA) is 84.7 Å². The number of piperidine rings is 1. The Morgan fingerprint density at radius 1 is 1.48 bits per heavy atom. The monoisotopic (exact) mass is 323 g/mol. The molecule has 1 aliphatic heterocycles. The van der Waals surface area contributed by atoms with E-state index in [1.165, 1.54) is 6.20 Å². The Hall–Kier alpha value is -2.05. The number of rotatable bonds is 3. The Labute approximate surface area is 136 Å². The molecule has 0 saturated carbocycles. The van der Waals surface area contributed by atoms with E-state index in [9.17, 15) is 9.59 Å². The fourth-order valence-corrected chi connectivity index (χ4v) is 2.54. The minimum Gasteiger partial charge on any atom is -0.444 e. The van der Waals surface area contributed by atoms with Crippen molar-refractivity contribution in [3.63, 3.8) is 0 Å². The molecular weight excluding hydrogens is 298 g/mol. The molecule has 1 N–H and O–H groups in total. The number of nitrogens with zero attached hydrogens (tertiary/aromatic N) is 2. The van der Waals surface area contributed by atoms with Gasteiger partial charge in [0.2, 0.25) is 5.91 Å². The molecule has 0 spiro atoms. The number of carbonyl (C=O) groups is 2. The third-order valence-corrected chi connectivity index (χ3v) is 3.67. The first-order valence-corrected chi connectivity index (χ1v) is 8.02. The van der Waals surface area contributed by atoms with E-state index in [0.717, 1.165) is 12.8 Å². The maximum Gasteiger partial charge on any atom is 0.410 e. The molecule has 128 valence electrons. The average molecular weight is 323 g/mol. The molecule has 1 saturated heterocycles. The van der Waals surface area contributed by atoms with E-state index in [1.807, 2.05) is 27.7 Å². The van der Waals surface area contributed by atoms with Gasteiger partial charge >= 0.3 is 6.09 Å². The lowest BCUT2D eigenvalue weighted by Crippen LogP contribution is -2.45. The summed E-state index contributed by atoms with van der Waals surface area (Å²) in [6.45, 7) is 8.41. The van der Waals surface area contributed by atoms with E-state index in [2.05, 4.69) is 10.5 Å². The van der Waals surface area contributed by atoms with E-state index in [4.69, 9.17) is 9.26 Å². The van der Waals surface area contributed by atoms with Gasteiger partial charge in [0, 0.05) is 19.5 Å². The maximum atomic E-state index is 12.4. The molecule has 7 heteroatoms. The first-order chi connectivity index (χ1) is 10.8. The Bertz CT molecular complexity index is 562. The van der Waals surface area contributed by atoms with E-state index >= 15 is 0 Å².